The fourth-order valence-corrected chi connectivity index (χ4v) is 3.36. The predicted molar refractivity (Wildman–Crippen MR) is 114 cm³/mol. The molecule has 1 saturated carbocycles. The largest absolute Gasteiger partial charge is 0.455 e. The molecule has 2 aromatic heterocycles. The molecule has 1 aliphatic carbocycles. The maximum atomic E-state index is 14.7. The van der Waals surface area contributed by atoms with E-state index in [0.29, 0.717) is 12.8 Å². The van der Waals surface area contributed by atoms with Crippen LogP contribution in [-0.4, -0.2) is 32.3 Å². The zero-order valence-corrected chi connectivity index (χ0v) is 18.3. The standard InChI is InChI=1S/C23H19F4N5O3/c1-13(31-21(34)22(6-7-22)32-20(33)14-9-28-12-29-10-14)19-17(24)8-15(11-30-19)35-18-5-3-2-4-16(18)23(25,26)27/h2-5,8-13H,6-7H2,1H3,(H,31,34)(H,32,33). The van der Waals surface area contributed by atoms with E-state index in [1.165, 1.54) is 37.8 Å². The van der Waals surface area contributed by atoms with E-state index in [-0.39, 0.29) is 17.0 Å². The maximum Gasteiger partial charge on any atom is 0.419 e. The zero-order valence-electron chi connectivity index (χ0n) is 18.3. The first-order chi connectivity index (χ1) is 16.6. The molecule has 0 saturated heterocycles. The molecule has 0 bridgehead atoms. The molecule has 2 heterocycles. The first kappa shape index (κ1) is 24.0. The number of ether oxygens (including phenoxy) is 1. The highest BCUT2D eigenvalue weighted by Crippen LogP contribution is 2.38. The minimum absolute atomic E-state index is 0.145. The fraction of sp³-hybridized carbons (Fsp3) is 0.261. The van der Waals surface area contributed by atoms with Gasteiger partial charge >= 0.3 is 6.18 Å². The summed E-state index contributed by atoms with van der Waals surface area (Å²) in [4.78, 5) is 36.6. The second-order valence-corrected chi connectivity index (χ2v) is 7.99. The summed E-state index contributed by atoms with van der Waals surface area (Å²) in [6.07, 6.45) is 1.11. The van der Waals surface area contributed by atoms with Crippen molar-refractivity contribution >= 4 is 11.8 Å². The molecule has 0 spiro atoms. The van der Waals surface area contributed by atoms with E-state index >= 15 is 0 Å². The van der Waals surface area contributed by atoms with Gasteiger partial charge in [-0.2, -0.15) is 13.2 Å². The van der Waals surface area contributed by atoms with Gasteiger partial charge in [-0.05, 0) is 31.9 Å². The molecular weight excluding hydrogens is 470 g/mol. The van der Waals surface area contributed by atoms with Gasteiger partial charge in [-0.25, -0.2) is 14.4 Å². The van der Waals surface area contributed by atoms with Crippen LogP contribution < -0.4 is 15.4 Å². The van der Waals surface area contributed by atoms with Crippen molar-refractivity contribution in [3.8, 4) is 11.5 Å². The molecule has 1 aromatic carbocycles. The van der Waals surface area contributed by atoms with Gasteiger partial charge in [0.25, 0.3) is 5.91 Å². The number of aromatic nitrogens is 3. The minimum atomic E-state index is -4.65. The minimum Gasteiger partial charge on any atom is -0.455 e. The summed E-state index contributed by atoms with van der Waals surface area (Å²) >= 11 is 0. The van der Waals surface area contributed by atoms with Crippen LogP contribution in [0.2, 0.25) is 0 Å². The van der Waals surface area contributed by atoms with E-state index in [1.807, 2.05) is 0 Å². The molecule has 0 radical (unpaired) electrons. The zero-order chi connectivity index (χ0) is 25.2. The monoisotopic (exact) mass is 489 g/mol. The number of hydrogen-bond donors (Lipinski definition) is 2. The number of nitrogens with zero attached hydrogens (tertiary/aromatic N) is 3. The van der Waals surface area contributed by atoms with Crippen LogP contribution in [0, 0.1) is 5.82 Å². The average molecular weight is 489 g/mol. The van der Waals surface area contributed by atoms with Crippen molar-refractivity contribution in [1.82, 2.24) is 25.6 Å². The third-order valence-electron chi connectivity index (χ3n) is 5.38. The molecule has 1 atom stereocenters. The number of carbonyl (C=O) groups excluding carboxylic acids is 2. The Kier molecular flexibility index (Phi) is 6.37. The summed E-state index contributed by atoms with van der Waals surface area (Å²) < 4.78 is 59.4. The Balaban J connectivity index is 1.43. The Bertz CT molecular complexity index is 1250. The van der Waals surface area contributed by atoms with E-state index in [1.54, 1.807) is 0 Å². The van der Waals surface area contributed by atoms with Crippen molar-refractivity contribution in [2.75, 3.05) is 0 Å². The second kappa shape index (κ2) is 9.28. The number of benzene rings is 1. The van der Waals surface area contributed by atoms with Crippen molar-refractivity contribution in [2.24, 2.45) is 0 Å². The molecule has 12 heteroatoms. The number of pyridine rings is 1. The van der Waals surface area contributed by atoms with Crippen molar-refractivity contribution in [1.29, 1.82) is 0 Å². The second-order valence-electron chi connectivity index (χ2n) is 7.99. The van der Waals surface area contributed by atoms with Crippen molar-refractivity contribution in [2.45, 2.75) is 37.5 Å². The molecule has 0 aliphatic heterocycles. The van der Waals surface area contributed by atoms with Gasteiger partial charge in [-0.3, -0.25) is 14.6 Å². The van der Waals surface area contributed by atoms with Gasteiger partial charge in [0.1, 0.15) is 23.4 Å². The molecular formula is C23H19F4N5O3. The quantitative estimate of drug-likeness (QED) is 0.487. The Hall–Kier alpha value is -4.09. The maximum absolute atomic E-state index is 14.7. The number of nitrogens with one attached hydrogen (secondary N) is 2. The molecule has 182 valence electrons. The van der Waals surface area contributed by atoms with Gasteiger partial charge in [0.2, 0.25) is 5.91 Å². The number of hydrogen-bond acceptors (Lipinski definition) is 6. The van der Waals surface area contributed by atoms with Crippen LogP contribution in [0.3, 0.4) is 0 Å². The highest BCUT2D eigenvalue weighted by Gasteiger charge is 2.51. The third-order valence-corrected chi connectivity index (χ3v) is 5.38. The van der Waals surface area contributed by atoms with Crippen LogP contribution in [0.25, 0.3) is 0 Å². The highest BCUT2D eigenvalue weighted by molar-refractivity contribution is 6.00. The van der Waals surface area contributed by atoms with Crippen LogP contribution in [0.15, 0.2) is 55.2 Å². The molecule has 1 aliphatic rings. The predicted octanol–water partition coefficient (Wildman–Crippen LogP) is 3.96. The smallest absolute Gasteiger partial charge is 0.419 e. The van der Waals surface area contributed by atoms with E-state index in [9.17, 15) is 27.2 Å². The molecule has 2 N–H and O–H groups in total. The molecule has 1 unspecified atom stereocenters. The Labute approximate surface area is 196 Å². The van der Waals surface area contributed by atoms with Crippen LogP contribution in [0.4, 0.5) is 17.6 Å². The van der Waals surface area contributed by atoms with Crippen molar-refractivity contribution in [3.05, 3.63) is 77.9 Å². The Morgan fingerprint density at radius 1 is 1.11 bits per heavy atom. The molecule has 3 aromatic rings. The number of para-hydroxylation sites is 1. The number of amides is 2. The molecule has 1 fully saturated rings. The highest BCUT2D eigenvalue weighted by atomic mass is 19.4. The van der Waals surface area contributed by atoms with Crippen LogP contribution in [0.1, 0.15) is 47.4 Å². The SMILES string of the molecule is CC(NC(=O)C1(NC(=O)c2cncnc2)CC1)c1ncc(Oc2ccccc2C(F)(F)F)cc1F. The van der Waals surface area contributed by atoms with E-state index < -0.39 is 46.7 Å². The number of halogens is 4. The summed E-state index contributed by atoms with van der Waals surface area (Å²) in [6.45, 7) is 1.49. The Morgan fingerprint density at radius 3 is 2.43 bits per heavy atom. The summed E-state index contributed by atoms with van der Waals surface area (Å²) in [5.74, 6) is -2.65. The van der Waals surface area contributed by atoms with E-state index in [2.05, 4.69) is 25.6 Å². The number of alkyl halides is 3. The topological polar surface area (TPSA) is 106 Å². The van der Waals surface area contributed by atoms with Gasteiger partial charge in [0.15, 0.2) is 5.82 Å². The van der Waals surface area contributed by atoms with E-state index in [0.717, 1.165) is 24.4 Å². The molecule has 4 rings (SSSR count). The van der Waals surface area contributed by atoms with Gasteiger partial charge in [-0.1, -0.05) is 12.1 Å². The van der Waals surface area contributed by atoms with Crippen molar-refractivity contribution < 1.29 is 31.9 Å². The lowest BCUT2D eigenvalue weighted by Gasteiger charge is -2.21. The van der Waals surface area contributed by atoms with Crippen LogP contribution in [-0.2, 0) is 11.0 Å². The van der Waals surface area contributed by atoms with Crippen molar-refractivity contribution in [3.63, 3.8) is 0 Å². The molecule has 35 heavy (non-hydrogen) atoms. The molecule has 8 nitrogen and oxygen atoms in total. The lowest BCUT2D eigenvalue weighted by atomic mass is 10.1. The fourth-order valence-electron chi connectivity index (χ4n) is 3.36. The third kappa shape index (κ3) is 5.36. The lowest BCUT2D eigenvalue weighted by molar-refractivity contribution is -0.138. The Morgan fingerprint density at radius 2 is 1.80 bits per heavy atom. The summed E-state index contributed by atoms with van der Waals surface area (Å²) in [5, 5.41) is 5.27. The summed E-state index contributed by atoms with van der Waals surface area (Å²) in [5.41, 5.74) is -2.10. The first-order valence-electron chi connectivity index (χ1n) is 10.5. The van der Waals surface area contributed by atoms with E-state index in [4.69, 9.17) is 4.74 Å². The average Bonchev–Trinajstić information content (AvgIpc) is 3.60. The molecule has 2 amide bonds. The van der Waals surface area contributed by atoms with Gasteiger partial charge < -0.3 is 15.4 Å². The summed E-state index contributed by atoms with van der Waals surface area (Å²) in [7, 11) is 0. The van der Waals surface area contributed by atoms with Crippen LogP contribution in [0.5, 0.6) is 11.5 Å². The van der Waals surface area contributed by atoms with Crippen LogP contribution >= 0.6 is 0 Å². The van der Waals surface area contributed by atoms with Gasteiger partial charge in [-0.15, -0.1) is 0 Å². The number of carbonyl (C=O) groups is 2. The summed E-state index contributed by atoms with van der Waals surface area (Å²) in [6, 6.07) is 4.53. The lowest BCUT2D eigenvalue weighted by Crippen LogP contribution is -2.49. The van der Waals surface area contributed by atoms with Gasteiger partial charge in [0.05, 0.1) is 29.1 Å². The normalized spacial score (nSPS) is 15.1. The first-order valence-corrected chi connectivity index (χ1v) is 10.5. The number of rotatable bonds is 7. The van der Waals surface area contributed by atoms with Gasteiger partial charge in [0, 0.05) is 18.5 Å².